The fourth-order valence-corrected chi connectivity index (χ4v) is 2.26. The molecule has 0 aliphatic rings. The summed E-state index contributed by atoms with van der Waals surface area (Å²) in [5.41, 5.74) is 3.05. The lowest BCUT2D eigenvalue weighted by Crippen LogP contribution is -2.33. The first-order valence-corrected chi connectivity index (χ1v) is 7.86. The van der Waals surface area contributed by atoms with Crippen LogP contribution in [0.4, 0.5) is 17.6 Å². The van der Waals surface area contributed by atoms with Crippen LogP contribution in [0.2, 0.25) is 0 Å². The summed E-state index contributed by atoms with van der Waals surface area (Å²) in [5.74, 6) is -5.42. The Hall–Kier alpha value is -2.37. The highest BCUT2D eigenvalue weighted by Crippen LogP contribution is 2.24. The third-order valence-electron chi connectivity index (χ3n) is 3.66. The van der Waals surface area contributed by atoms with Crippen molar-refractivity contribution in [3.8, 4) is 11.1 Å². The van der Waals surface area contributed by atoms with Crippen LogP contribution >= 0.6 is 0 Å². The van der Waals surface area contributed by atoms with Crippen LogP contribution in [0.15, 0.2) is 48.5 Å². The quantitative estimate of drug-likeness (QED) is 0.494. The molecule has 0 aliphatic carbocycles. The van der Waals surface area contributed by atoms with Crippen molar-refractivity contribution >= 4 is 5.97 Å². The second-order valence-corrected chi connectivity index (χ2v) is 5.66. The maximum Gasteiger partial charge on any atom is 0.340 e. The number of rotatable bonds is 7. The number of hydrogen-bond donors (Lipinski definition) is 0. The highest BCUT2D eigenvalue weighted by Gasteiger charge is 2.42. The Bertz CT molecular complexity index is 694. The van der Waals surface area contributed by atoms with Crippen molar-refractivity contribution in [1.29, 1.82) is 0 Å². The maximum atomic E-state index is 12.8. The van der Waals surface area contributed by atoms with Gasteiger partial charge in [-0.2, -0.15) is 8.78 Å². The molecule has 0 spiro atoms. The predicted molar refractivity (Wildman–Crippen MR) is 87.1 cm³/mol. The van der Waals surface area contributed by atoms with Crippen LogP contribution in [0.3, 0.4) is 0 Å². The third kappa shape index (κ3) is 5.05. The van der Waals surface area contributed by atoms with Gasteiger partial charge in [0, 0.05) is 0 Å². The van der Waals surface area contributed by atoms with Gasteiger partial charge in [-0.3, -0.25) is 0 Å². The molecule has 0 N–H and O–H groups in total. The molecule has 0 fully saturated rings. The summed E-state index contributed by atoms with van der Waals surface area (Å²) in [6.45, 7) is 0.451. The zero-order chi connectivity index (χ0) is 18.4. The number of ether oxygens (including phenoxy) is 1. The topological polar surface area (TPSA) is 26.3 Å². The highest BCUT2D eigenvalue weighted by molar-refractivity contribution is 5.90. The van der Waals surface area contributed by atoms with E-state index in [1.807, 2.05) is 24.3 Å². The van der Waals surface area contributed by atoms with E-state index in [4.69, 9.17) is 0 Å². The SMILES string of the molecule is CCCc1ccc(-c2ccc(C(=O)OCC(F)(F)C(F)F)cc2)cc1. The van der Waals surface area contributed by atoms with Crippen LogP contribution in [0.5, 0.6) is 0 Å². The molecule has 25 heavy (non-hydrogen) atoms. The van der Waals surface area contributed by atoms with Crippen molar-refractivity contribution in [1.82, 2.24) is 0 Å². The number of alkyl halides is 4. The van der Waals surface area contributed by atoms with Crippen LogP contribution in [-0.4, -0.2) is 24.9 Å². The molecule has 0 aromatic heterocycles. The summed E-state index contributed by atoms with van der Waals surface area (Å²) in [7, 11) is 0. The molecule has 0 amide bonds. The van der Waals surface area contributed by atoms with Gasteiger partial charge in [0.2, 0.25) is 0 Å². The van der Waals surface area contributed by atoms with Gasteiger partial charge < -0.3 is 4.74 Å². The molecule has 0 heterocycles. The molecular formula is C19H18F4O2. The van der Waals surface area contributed by atoms with E-state index in [1.165, 1.54) is 17.7 Å². The van der Waals surface area contributed by atoms with E-state index in [9.17, 15) is 22.4 Å². The van der Waals surface area contributed by atoms with Crippen LogP contribution in [-0.2, 0) is 11.2 Å². The summed E-state index contributed by atoms with van der Waals surface area (Å²) in [6, 6.07) is 14.1. The van der Waals surface area contributed by atoms with E-state index in [-0.39, 0.29) is 5.56 Å². The Kier molecular flexibility index (Phi) is 6.17. The van der Waals surface area contributed by atoms with Crippen molar-refractivity contribution in [3.05, 3.63) is 59.7 Å². The smallest absolute Gasteiger partial charge is 0.340 e. The summed E-state index contributed by atoms with van der Waals surface area (Å²) in [6.07, 6.45) is -1.83. The fourth-order valence-electron chi connectivity index (χ4n) is 2.26. The van der Waals surface area contributed by atoms with Crippen molar-refractivity contribution in [3.63, 3.8) is 0 Å². The lowest BCUT2D eigenvalue weighted by Gasteiger charge is -2.15. The van der Waals surface area contributed by atoms with Gasteiger partial charge in [-0.25, -0.2) is 13.6 Å². The minimum atomic E-state index is -4.35. The number of benzene rings is 2. The van der Waals surface area contributed by atoms with Crippen molar-refractivity contribution < 1.29 is 27.1 Å². The second-order valence-electron chi connectivity index (χ2n) is 5.66. The van der Waals surface area contributed by atoms with Gasteiger partial charge in [0.25, 0.3) is 0 Å². The molecule has 0 unspecified atom stereocenters. The summed E-state index contributed by atoms with van der Waals surface area (Å²) < 4.78 is 53.9. The molecule has 2 rings (SSSR count). The van der Waals surface area contributed by atoms with Gasteiger partial charge in [0.05, 0.1) is 5.56 Å². The van der Waals surface area contributed by atoms with Crippen molar-refractivity contribution in [2.75, 3.05) is 6.61 Å². The number of carbonyl (C=O) groups excluding carboxylic acids is 1. The first-order chi connectivity index (χ1) is 11.8. The molecule has 2 aromatic carbocycles. The van der Waals surface area contributed by atoms with Crippen LogP contribution in [0.25, 0.3) is 11.1 Å². The molecule has 134 valence electrons. The molecule has 0 saturated heterocycles. The predicted octanol–water partition coefficient (Wildman–Crippen LogP) is 5.36. The molecule has 0 atom stereocenters. The summed E-state index contributed by atoms with van der Waals surface area (Å²) in [4.78, 5) is 11.7. The minimum absolute atomic E-state index is 0.0245. The van der Waals surface area contributed by atoms with Gasteiger partial charge in [-0.1, -0.05) is 49.7 Å². The Morgan fingerprint density at radius 1 is 1.00 bits per heavy atom. The van der Waals surface area contributed by atoms with Crippen molar-refractivity contribution in [2.24, 2.45) is 0 Å². The molecule has 6 heteroatoms. The van der Waals surface area contributed by atoms with Gasteiger partial charge in [-0.05, 0) is 35.2 Å². The van der Waals surface area contributed by atoms with E-state index < -0.39 is 24.9 Å². The van der Waals surface area contributed by atoms with E-state index >= 15 is 0 Å². The average Bonchev–Trinajstić information content (AvgIpc) is 2.61. The molecular weight excluding hydrogens is 336 g/mol. The van der Waals surface area contributed by atoms with E-state index in [0.717, 1.165) is 24.0 Å². The summed E-state index contributed by atoms with van der Waals surface area (Å²) in [5, 5.41) is 0. The Balaban J connectivity index is 2.02. The van der Waals surface area contributed by atoms with Gasteiger partial charge >= 0.3 is 18.3 Å². The number of hydrogen-bond acceptors (Lipinski definition) is 2. The van der Waals surface area contributed by atoms with Crippen LogP contribution in [0.1, 0.15) is 29.3 Å². The molecule has 0 saturated carbocycles. The molecule has 2 nitrogen and oxygen atoms in total. The normalized spacial score (nSPS) is 11.6. The van der Waals surface area contributed by atoms with Crippen molar-refractivity contribution in [2.45, 2.75) is 32.1 Å². The molecule has 0 radical (unpaired) electrons. The number of halogens is 4. The Morgan fingerprint density at radius 3 is 2.00 bits per heavy atom. The Labute approximate surface area is 143 Å². The largest absolute Gasteiger partial charge is 0.455 e. The third-order valence-corrected chi connectivity index (χ3v) is 3.66. The number of carbonyl (C=O) groups is 1. The Morgan fingerprint density at radius 2 is 1.52 bits per heavy atom. The maximum absolute atomic E-state index is 12.8. The zero-order valence-corrected chi connectivity index (χ0v) is 13.6. The first kappa shape index (κ1) is 19.0. The summed E-state index contributed by atoms with van der Waals surface area (Å²) >= 11 is 0. The van der Waals surface area contributed by atoms with E-state index in [0.29, 0.717) is 0 Å². The molecule has 2 aromatic rings. The average molecular weight is 354 g/mol. The molecule has 0 aliphatic heterocycles. The van der Waals surface area contributed by atoms with Gasteiger partial charge in [-0.15, -0.1) is 0 Å². The second kappa shape index (κ2) is 8.14. The first-order valence-electron chi connectivity index (χ1n) is 7.86. The number of esters is 1. The monoisotopic (exact) mass is 354 g/mol. The lowest BCUT2D eigenvalue weighted by molar-refractivity contribution is -0.155. The van der Waals surface area contributed by atoms with Gasteiger partial charge in [0.15, 0.2) is 6.61 Å². The standard InChI is InChI=1S/C19H18F4O2/c1-2-3-13-4-6-14(7-5-13)15-8-10-16(11-9-15)17(24)25-12-19(22,23)18(20)21/h4-11,18H,2-3,12H2,1H3. The van der Waals surface area contributed by atoms with Crippen LogP contribution < -0.4 is 0 Å². The minimum Gasteiger partial charge on any atom is -0.455 e. The van der Waals surface area contributed by atoms with Gasteiger partial charge in [0.1, 0.15) is 0 Å². The van der Waals surface area contributed by atoms with E-state index in [1.54, 1.807) is 12.1 Å². The number of aryl methyl sites for hydroxylation is 1. The molecule has 0 bridgehead atoms. The highest BCUT2D eigenvalue weighted by atomic mass is 19.3. The zero-order valence-electron chi connectivity index (χ0n) is 13.6. The fraction of sp³-hybridized carbons (Fsp3) is 0.316. The van der Waals surface area contributed by atoms with E-state index in [2.05, 4.69) is 11.7 Å². The lowest BCUT2D eigenvalue weighted by atomic mass is 10.0. The van der Waals surface area contributed by atoms with Crippen LogP contribution in [0, 0.1) is 0 Å².